The van der Waals surface area contributed by atoms with Crippen LogP contribution in [0.2, 0.25) is 0 Å². The van der Waals surface area contributed by atoms with Gasteiger partial charge in [-0.25, -0.2) is 9.59 Å². The molecular formula is C6H8N4O4S. The number of hydrogen-bond acceptors (Lipinski definition) is 6. The average molecular weight is 232 g/mol. The van der Waals surface area contributed by atoms with Crippen molar-refractivity contribution in [2.45, 2.75) is 6.10 Å². The molecule has 0 unspecified atom stereocenters. The van der Waals surface area contributed by atoms with Gasteiger partial charge >= 0.3 is 12.0 Å². The van der Waals surface area contributed by atoms with Crippen LogP contribution in [0.5, 0.6) is 0 Å². The number of nitrogens with one attached hydrogen (secondary N) is 2. The molecule has 0 spiro atoms. The maximum absolute atomic E-state index is 11.1. The van der Waals surface area contributed by atoms with Gasteiger partial charge in [0.25, 0.3) is 0 Å². The molecule has 0 fully saturated rings. The second-order valence-corrected chi connectivity index (χ2v) is 3.26. The number of rotatable bonds is 4. The summed E-state index contributed by atoms with van der Waals surface area (Å²) in [5.41, 5.74) is 0. The highest BCUT2D eigenvalue weighted by atomic mass is 32.1. The van der Waals surface area contributed by atoms with Crippen molar-refractivity contribution < 1.29 is 19.8 Å². The Bertz CT molecular complexity index is 341. The Hall–Kier alpha value is -1.74. The molecule has 0 aliphatic heterocycles. The summed E-state index contributed by atoms with van der Waals surface area (Å²) in [6.07, 6.45) is -0.270. The molecule has 1 aromatic rings. The monoisotopic (exact) mass is 232 g/mol. The summed E-state index contributed by atoms with van der Waals surface area (Å²) in [6, 6.07) is -0.624. The molecule has 0 aliphatic carbocycles. The normalized spacial score (nSPS) is 11.8. The standard InChI is InChI=1S/C6H8N4O4S/c11-3(5(12)13)1-7-6(14)9-4-2-8-10-15-4/h2-3,11H,1H2,(H,12,13)(H2,7,9,14)/t3-/m0/s1. The smallest absolute Gasteiger partial charge is 0.334 e. The highest BCUT2D eigenvalue weighted by molar-refractivity contribution is 7.10. The number of nitrogens with zero attached hydrogens (tertiary/aromatic N) is 2. The molecule has 0 saturated carbocycles. The summed E-state index contributed by atoms with van der Waals surface area (Å²) in [4.78, 5) is 21.3. The van der Waals surface area contributed by atoms with E-state index in [-0.39, 0.29) is 6.54 Å². The van der Waals surface area contributed by atoms with Crippen LogP contribution < -0.4 is 10.6 Å². The van der Waals surface area contributed by atoms with Gasteiger partial charge < -0.3 is 15.5 Å². The number of carbonyl (C=O) groups excluding carboxylic acids is 1. The molecule has 1 atom stereocenters. The fraction of sp³-hybridized carbons (Fsp3) is 0.333. The summed E-state index contributed by atoms with van der Waals surface area (Å²) in [5.74, 6) is -1.39. The lowest BCUT2D eigenvalue weighted by molar-refractivity contribution is -0.146. The van der Waals surface area contributed by atoms with Crippen LogP contribution in [0.25, 0.3) is 0 Å². The van der Waals surface area contributed by atoms with Gasteiger partial charge in [-0.2, -0.15) is 0 Å². The van der Waals surface area contributed by atoms with E-state index in [0.717, 1.165) is 11.5 Å². The SMILES string of the molecule is O=C(NC[C@H](O)C(=O)O)Nc1cnns1. The zero-order chi connectivity index (χ0) is 11.3. The van der Waals surface area contributed by atoms with E-state index in [1.165, 1.54) is 6.20 Å². The highest BCUT2D eigenvalue weighted by Crippen LogP contribution is 2.07. The third kappa shape index (κ3) is 3.87. The molecule has 0 bridgehead atoms. The van der Waals surface area contributed by atoms with Crippen LogP contribution in [-0.2, 0) is 4.79 Å². The molecule has 2 amide bonds. The molecule has 82 valence electrons. The lowest BCUT2D eigenvalue weighted by atomic mass is 10.4. The van der Waals surface area contributed by atoms with Gasteiger partial charge in [0.15, 0.2) is 6.10 Å². The second kappa shape index (κ2) is 5.22. The van der Waals surface area contributed by atoms with Gasteiger partial charge in [-0.3, -0.25) is 5.32 Å². The molecule has 1 heterocycles. The van der Waals surface area contributed by atoms with E-state index in [1.54, 1.807) is 0 Å². The first kappa shape index (κ1) is 11.3. The Morgan fingerprint density at radius 1 is 1.60 bits per heavy atom. The van der Waals surface area contributed by atoms with Gasteiger partial charge in [-0.1, -0.05) is 4.49 Å². The topological polar surface area (TPSA) is 124 Å². The van der Waals surface area contributed by atoms with Crippen LogP contribution in [0.4, 0.5) is 9.80 Å². The first-order valence-corrected chi connectivity index (χ1v) is 4.60. The van der Waals surface area contributed by atoms with Gasteiger partial charge in [0.05, 0.1) is 12.7 Å². The van der Waals surface area contributed by atoms with Crippen molar-refractivity contribution in [3.05, 3.63) is 6.20 Å². The Kier molecular flexibility index (Phi) is 3.94. The number of carbonyl (C=O) groups is 2. The quantitative estimate of drug-likeness (QED) is 0.533. The molecule has 1 rings (SSSR count). The number of carboxylic acid groups (broad SMARTS) is 1. The van der Waals surface area contributed by atoms with Crippen LogP contribution in [0.1, 0.15) is 0 Å². The van der Waals surface area contributed by atoms with Crippen LogP contribution in [-0.4, -0.2) is 44.4 Å². The maximum Gasteiger partial charge on any atom is 0.334 e. The van der Waals surface area contributed by atoms with Crippen LogP contribution in [0.3, 0.4) is 0 Å². The average Bonchev–Trinajstić information content (AvgIpc) is 2.66. The van der Waals surface area contributed by atoms with Crippen molar-refractivity contribution in [2.24, 2.45) is 0 Å². The Morgan fingerprint density at radius 3 is 2.87 bits per heavy atom. The first-order chi connectivity index (χ1) is 7.09. The van der Waals surface area contributed by atoms with Crippen LogP contribution in [0.15, 0.2) is 6.20 Å². The Morgan fingerprint density at radius 2 is 2.33 bits per heavy atom. The molecule has 0 aromatic carbocycles. The van der Waals surface area contributed by atoms with Gasteiger partial charge in [-0.15, -0.1) is 5.10 Å². The van der Waals surface area contributed by atoms with E-state index < -0.39 is 18.1 Å². The number of carboxylic acids is 1. The van der Waals surface area contributed by atoms with Gasteiger partial charge in [0.2, 0.25) is 0 Å². The number of aromatic nitrogens is 2. The van der Waals surface area contributed by atoms with E-state index in [0.29, 0.717) is 5.00 Å². The molecule has 8 nitrogen and oxygen atoms in total. The maximum atomic E-state index is 11.1. The fourth-order valence-electron chi connectivity index (χ4n) is 0.655. The molecular weight excluding hydrogens is 224 g/mol. The predicted octanol–water partition coefficient (Wildman–Crippen LogP) is -0.895. The Labute approximate surface area is 88.1 Å². The fourth-order valence-corrected chi connectivity index (χ4v) is 1.07. The predicted molar refractivity (Wildman–Crippen MR) is 50.6 cm³/mol. The van der Waals surface area contributed by atoms with Crippen molar-refractivity contribution >= 4 is 28.5 Å². The van der Waals surface area contributed by atoms with Crippen LogP contribution in [0, 0.1) is 0 Å². The molecule has 0 saturated heterocycles. The second-order valence-electron chi connectivity index (χ2n) is 2.47. The number of aliphatic carboxylic acids is 1. The van der Waals surface area contributed by atoms with E-state index in [1.807, 2.05) is 0 Å². The highest BCUT2D eigenvalue weighted by Gasteiger charge is 2.14. The summed E-state index contributed by atoms with van der Waals surface area (Å²) in [7, 11) is 0. The van der Waals surface area contributed by atoms with E-state index >= 15 is 0 Å². The lowest BCUT2D eigenvalue weighted by Crippen LogP contribution is -2.38. The first-order valence-electron chi connectivity index (χ1n) is 3.82. The van der Waals surface area contributed by atoms with Crippen molar-refractivity contribution in [3.8, 4) is 0 Å². The Balaban J connectivity index is 2.28. The third-order valence-corrected chi connectivity index (χ3v) is 1.92. The minimum Gasteiger partial charge on any atom is -0.479 e. The number of aliphatic hydroxyl groups excluding tert-OH is 1. The number of anilines is 1. The summed E-state index contributed by atoms with van der Waals surface area (Å²) in [5, 5.41) is 25.6. The van der Waals surface area contributed by atoms with E-state index in [9.17, 15) is 9.59 Å². The molecule has 0 radical (unpaired) electrons. The number of aliphatic hydroxyl groups is 1. The molecule has 0 aliphatic rings. The third-order valence-electron chi connectivity index (χ3n) is 1.34. The minimum absolute atomic E-state index is 0.368. The lowest BCUT2D eigenvalue weighted by Gasteiger charge is -2.07. The van der Waals surface area contributed by atoms with Crippen molar-refractivity contribution in [2.75, 3.05) is 11.9 Å². The van der Waals surface area contributed by atoms with Gasteiger partial charge in [0, 0.05) is 11.5 Å². The largest absolute Gasteiger partial charge is 0.479 e. The van der Waals surface area contributed by atoms with Gasteiger partial charge in [0.1, 0.15) is 5.00 Å². The van der Waals surface area contributed by atoms with Crippen molar-refractivity contribution in [1.29, 1.82) is 0 Å². The van der Waals surface area contributed by atoms with Gasteiger partial charge in [-0.05, 0) is 0 Å². The van der Waals surface area contributed by atoms with Crippen LogP contribution >= 0.6 is 11.5 Å². The number of hydrogen-bond donors (Lipinski definition) is 4. The zero-order valence-electron chi connectivity index (χ0n) is 7.38. The summed E-state index contributed by atoms with van der Waals surface area (Å²) in [6.45, 7) is -0.368. The molecule has 15 heavy (non-hydrogen) atoms. The van der Waals surface area contributed by atoms with Crippen molar-refractivity contribution in [3.63, 3.8) is 0 Å². The zero-order valence-corrected chi connectivity index (χ0v) is 8.19. The summed E-state index contributed by atoms with van der Waals surface area (Å²) >= 11 is 0.980. The van der Waals surface area contributed by atoms with E-state index in [4.69, 9.17) is 10.2 Å². The number of amides is 2. The van der Waals surface area contributed by atoms with E-state index in [2.05, 4.69) is 20.2 Å². The minimum atomic E-state index is -1.62. The molecule has 1 aromatic heterocycles. The number of urea groups is 1. The molecule has 9 heteroatoms. The molecule has 4 N–H and O–H groups in total. The van der Waals surface area contributed by atoms with Crippen molar-refractivity contribution in [1.82, 2.24) is 14.9 Å². The summed E-state index contributed by atoms with van der Waals surface area (Å²) < 4.78 is 3.50.